The van der Waals surface area contributed by atoms with Gasteiger partial charge in [0.2, 0.25) is 5.95 Å². The number of benzene rings is 6. The summed E-state index contributed by atoms with van der Waals surface area (Å²) in [4.78, 5) is 10.6. The van der Waals surface area contributed by atoms with Crippen LogP contribution < -0.4 is 0 Å². The van der Waals surface area contributed by atoms with Gasteiger partial charge in [-0.25, -0.2) is 9.97 Å². The van der Waals surface area contributed by atoms with Crippen LogP contribution in [0.5, 0.6) is 0 Å². The smallest absolute Gasteiger partial charge is 0.235 e. The highest BCUT2D eigenvalue weighted by atomic mass is 15.2. The third-order valence-electron chi connectivity index (χ3n) is 8.33. The molecule has 4 nitrogen and oxygen atoms in total. The van der Waals surface area contributed by atoms with E-state index in [1.165, 1.54) is 26.9 Å². The first kappa shape index (κ1) is 23.0. The fourth-order valence-electron chi connectivity index (χ4n) is 6.41. The molecule has 0 fully saturated rings. The Hall–Kier alpha value is -5.74. The molecule has 6 aromatic carbocycles. The van der Waals surface area contributed by atoms with Crippen molar-refractivity contribution >= 4 is 54.4 Å². The second kappa shape index (κ2) is 8.88. The Morgan fingerprint density at radius 3 is 2.12 bits per heavy atom. The van der Waals surface area contributed by atoms with Gasteiger partial charge in [-0.1, -0.05) is 103 Å². The van der Waals surface area contributed by atoms with Gasteiger partial charge in [0, 0.05) is 39.0 Å². The van der Waals surface area contributed by atoms with E-state index in [9.17, 15) is 0 Å². The van der Waals surface area contributed by atoms with Gasteiger partial charge in [0.1, 0.15) is 0 Å². The van der Waals surface area contributed by atoms with Crippen molar-refractivity contribution < 1.29 is 0 Å². The minimum Gasteiger partial charge on any atom is -0.315 e. The summed E-state index contributed by atoms with van der Waals surface area (Å²) < 4.78 is 4.53. The Morgan fingerprint density at radius 1 is 0.476 bits per heavy atom. The summed E-state index contributed by atoms with van der Waals surface area (Å²) in [6.07, 6.45) is 2.16. The highest BCUT2D eigenvalue weighted by Gasteiger charge is 2.20. The Bertz CT molecular complexity index is 2470. The summed E-state index contributed by atoms with van der Waals surface area (Å²) in [7, 11) is 0. The third kappa shape index (κ3) is 3.36. The molecule has 3 aromatic heterocycles. The molecule has 0 atom stereocenters. The number of rotatable bonds is 3. The van der Waals surface area contributed by atoms with Crippen LogP contribution in [0, 0.1) is 0 Å². The third-order valence-corrected chi connectivity index (χ3v) is 8.33. The van der Waals surface area contributed by atoms with Crippen LogP contribution in [0.25, 0.3) is 77.3 Å². The molecule has 0 aliphatic carbocycles. The van der Waals surface area contributed by atoms with Crippen molar-refractivity contribution in [3.05, 3.63) is 146 Å². The second-order valence-corrected chi connectivity index (χ2v) is 10.7. The normalized spacial score (nSPS) is 11.8. The van der Waals surface area contributed by atoms with Crippen molar-refractivity contribution in [3.8, 4) is 22.9 Å². The molecular formula is C38H24N4. The van der Waals surface area contributed by atoms with Crippen molar-refractivity contribution in [1.82, 2.24) is 19.1 Å². The van der Waals surface area contributed by atoms with Crippen LogP contribution in [0.4, 0.5) is 0 Å². The van der Waals surface area contributed by atoms with Crippen LogP contribution >= 0.6 is 0 Å². The molecule has 0 amide bonds. The SMILES string of the molecule is c1ccc(-n2ccc3ccc4c5ccccc5n(-c5nc(-c6ccc7ccccc7c6)c6ccccc6n5)c4c32)cc1. The minimum atomic E-state index is 0.663. The molecule has 0 spiro atoms. The number of nitrogens with zero attached hydrogens (tertiary/aromatic N) is 4. The van der Waals surface area contributed by atoms with Gasteiger partial charge in [-0.15, -0.1) is 0 Å². The molecule has 0 saturated carbocycles. The first-order chi connectivity index (χ1) is 20.8. The number of fused-ring (bicyclic) bond motifs is 7. The van der Waals surface area contributed by atoms with E-state index in [-0.39, 0.29) is 0 Å². The van der Waals surface area contributed by atoms with Gasteiger partial charge in [-0.2, -0.15) is 0 Å². The van der Waals surface area contributed by atoms with Crippen LogP contribution in [0.2, 0.25) is 0 Å². The summed E-state index contributed by atoms with van der Waals surface area (Å²) in [6.45, 7) is 0. The Balaban J connectivity index is 1.42. The van der Waals surface area contributed by atoms with Gasteiger partial charge in [0.25, 0.3) is 0 Å². The maximum atomic E-state index is 5.36. The summed E-state index contributed by atoms with van der Waals surface area (Å²) in [6, 6.07) is 49.1. The van der Waals surface area contributed by atoms with Crippen LogP contribution in [0.1, 0.15) is 0 Å². The molecule has 0 N–H and O–H groups in total. The summed E-state index contributed by atoms with van der Waals surface area (Å²) in [5, 5.41) is 6.98. The van der Waals surface area contributed by atoms with Crippen molar-refractivity contribution in [1.29, 1.82) is 0 Å². The zero-order valence-electron chi connectivity index (χ0n) is 22.6. The summed E-state index contributed by atoms with van der Waals surface area (Å²) in [5.74, 6) is 0.663. The zero-order valence-corrected chi connectivity index (χ0v) is 22.6. The summed E-state index contributed by atoms with van der Waals surface area (Å²) in [5.41, 5.74) is 7.36. The Kier molecular flexibility index (Phi) is 4.87. The van der Waals surface area contributed by atoms with Gasteiger partial charge < -0.3 is 4.57 Å². The Morgan fingerprint density at radius 2 is 1.21 bits per heavy atom. The van der Waals surface area contributed by atoms with Crippen LogP contribution in [0.3, 0.4) is 0 Å². The number of hydrogen-bond acceptors (Lipinski definition) is 2. The molecule has 196 valence electrons. The van der Waals surface area contributed by atoms with Crippen LogP contribution in [-0.4, -0.2) is 19.1 Å². The van der Waals surface area contributed by atoms with E-state index < -0.39 is 0 Å². The lowest BCUT2D eigenvalue weighted by atomic mass is 10.0. The van der Waals surface area contributed by atoms with Gasteiger partial charge in [-0.3, -0.25) is 4.57 Å². The molecule has 0 saturated heterocycles. The van der Waals surface area contributed by atoms with Crippen molar-refractivity contribution in [2.75, 3.05) is 0 Å². The van der Waals surface area contributed by atoms with Gasteiger partial charge in [0.05, 0.1) is 27.8 Å². The molecule has 3 heterocycles. The van der Waals surface area contributed by atoms with Gasteiger partial charge >= 0.3 is 0 Å². The lowest BCUT2D eigenvalue weighted by Gasteiger charge is -2.13. The van der Waals surface area contributed by atoms with Crippen LogP contribution in [-0.2, 0) is 0 Å². The standard InChI is InChI=1S/C38H24N4/c1-2-12-29(13-3-1)41-23-22-26-20-21-31-30-14-7-9-17-34(30)42(37(31)36(26)41)38-39-33-16-8-6-15-32(33)35(40-38)28-19-18-25-10-4-5-11-27(25)24-28/h1-24H. The first-order valence-corrected chi connectivity index (χ1v) is 14.2. The average molecular weight is 537 g/mol. The highest BCUT2D eigenvalue weighted by Crippen LogP contribution is 2.38. The van der Waals surface area contributed by atoms with E-state index in [1.807, 2.05) is 6.07 Å². The Labute approximate surface area is 241 Å². The van der Waals surface area contributed by atoms with E-state index in [0.717, 1.165) is 44.4 Å². The molecule has 0 aliphatic rings. The fraction of sp³-hybridized carbons (Fsp3) is 0. The lowest BCUT2D eigenvalue weighted by Crippen LogP contribution is -2.04. The monoisotopic (exact) mass is 536 g/mol. The second-order valence-electron chi connectivity index (χ2n) is 10.7. The molecule has 0 bridgehead atoms. The predicted molar refractivity (Wildman–Crippen MR) is 174 cm³/mol. The molecule has 0 unspecified atom stereocenters. The van der Waals surface area contributed by atoms with Crippen LogP contribution in [0.15, 0.2) is 146 Å². The van der Waals surface area contributed by atoms with Gasteiger partial charge in [-0.05, 0) is 47.2 Å². The molecule has 9 rings (SSSR count). The van der Waals surface area contributed by atoms with E-state index in [0.29, 0.717) is 5.95 Å². The number of aromatic nitrogens is 4. The van der Waals surface area contributed by atoms with Gasteiger partial charge in [0.15, 0.2) is 0 Å². The molecule has 42 heavy (non-hydrogen) atoms. The summed E-state index contributed by atoms with van der Waals surface area (Å²) >= 11 is 0. The van der Waals surface area contributed by atoms with E-state index >= 15 is 0 Å². The molecular weight excluding hydrogens is 512 g/mol. The van der Waals surface area contributed by atoms with Crippen molar-refractivity contribution in [3.63, 3.8) is 0 Å². The van der Waals surface area contributed by atoms with Crippen molar-refractivity contribution in [2.24, 2.45) is 0 Å². The maximum Gasteiger partial charge on any atom is 0.235 e. The van der Waals surface area contributed by atoms with Crippen molar-refractivity contribution in [2.45, 2.75) is 0 Å². The number of para-hydroxylation sites is 3. The molecule has 9 aromatic rings. The molecule has 0 radical (unpaired) electrons. The lowest BCUT2D eigenvalue weighted by molar-refractivity contribution is 1.01. The zero-order chi connectivity index (χ0) is 27.6. The largest absolute Gasteiger partial charge is 0.315 e. The molecule has 4 heteroatoms. The highest BCUT2D eigenvalue weighted by molar-refractivity contribution is 6.18. The maximum absolute atomic E-state index is 5.36. The topological polar surface area (TPSA) is 35.6 Å². The number of hydrogen-bond donors (Lipinski definition) is 0. The fourth-order valence-corrected chi connectivity index (χ4v) is 6.41. The first-order valence-electron chi connectivity index (χ1n) is 14.2. The van der Waals surface area contributed by atoms with E-state index in [4.69, 9.17) is 9.97 Å². The predicted octanol–water partition coefficient (Wildman–Crippen LogP) is 9.49. The minimum absolute atomic E-state index is 0.663. The van der Waals surface area contributed by atoms with E-state index in [1.54, 1.807) is 0 Å². The van der Waals surface area contributed by atoms with E-state index in [2.05, 4.69) is 149 Å². The average Bonchev–Trinajstić information content (AvgIpc) is 3.64. The quantitative estimate of drug-likeness (QED) is 0.225. The molecule has 0 aliphatic heterocycles.